The summed E-state index contributed by atoms with van der Waals surface area (Å²) in [6.45, 7) is 7.90. The van der Waals surface area contributed by atoms with Gasteiger partial charge in [0.05, 0.1) is 5.56 Å². The number of aromatic nitrogens is 1. The molecule has 0 bridgehead atoms. The number of aryl methyl sites for hydroxylation is 1. The van der Waals surface area contributed by atoms with E-state index in [1.54, 1.807) is 24.3 Å². The lowest BCUT2D eigenvalue weighted by molar-refractivity contribution is -0.114. The third-order valence-corrected chi connectivity index (χ3v) is 4.10. The Morgan fingerprint density at radius 1 is 1.12 bits per heavy atom. The van der Waals surface area contributed by atoms with Gasteiger partial charge in [-0.3, -0.25) is 9.59 Å². The summed E-state index contributed by atoms with van der Waals surface area (Å²) in [4.78, 5) is 35.5. The molecule has 6 nitrogen and oxygen atoms in total. The van der Waals surface area contributed by atoms with Crippen LogP contribution in [0.3, 0.4) is 0 Å². The van der Waals surface area contributed by atoms with Crippen LogP contribution in [0.2, 0.25) is 0 Å². The number of nitrogens with one attached hydrogen (secondary N) is 1. The molecular weight excluding hydrogens is 332 g/mol. The number of ketones is 1. The number of hydrogen-bond acceptors (Lipinski definition) is 4. The van der Waals surface area contributed by atoms with E-state index in [1.807, 2.05) is 19.9 Å². The molecule has 0 aliphatic heterocycles. The Bertz CT molecular complexity index is 819. The topological polar surface area (TPSA) is 77.4 Å². The Hall–Kier alpha value is -2.89. The van der Waals surface area contributed by atoms with Gasteiger partial charge in [-0.1, -0.05) is 6.92 Å². The van der Waals surface area contributed by atoms with Crippen LogP contribution in [0.5, 0.6) is 0 Å². The minimum Gasteiger partial charge on any atom is -0.454 e. The van der Waals surface area contributed by atoms with E-state index in [0.29, 0.717) is 16.8 Å². The molecule has 0 atom stereocenters. The number of hydrogen-bond donors (Lipinski definition) is 1. The number of Topliss-reactive ketones (excluding diaryl/α,β-unsaturated/α-hetero) is 1. The number of anilines is 1. The molecule has 2 aromatic rings. The van der Waals surface area contributed by atoms with E-state index in [2.05, 4.69) is 16.8 Å². The molecule has 0 radical (unpaired) electrons. The lowest BCUT2D eigenvalue weighted by atomic mass is 10.1. The fourth-order valence-corrected chi connectivity index (χ4v) is 2.84. The van der Waals surface area contributed by atoms with Crippen molar-refractivity contribution in [2.24, 2.45) is 0 Å². The number of carbonyl (C=O) groups is 3. The van der Waals surface area contributed by atoms with Crippen LogP contribution in [0.1, 0.15) is 52.4 Å². The van der Waals surface area contributed by atoms with Crippen molar-refractivity contribution >= 4 is 23.3 Å². The number of carbonyl (C=O) groups excluding carboxylic acids is 3. The second-order valence-electron chi connectivity index (χ2n) is 6.19. The average molecular weight is 356 g/mol. The number of nitrogens with zero attached hydrogens (tertiary/aromatic N) is 1. The second-order valence-corrected chi connectivity index (χ2v) is 6.19. The Kier molecular flexibility index (Phi) is 6.33. The maximum absolute atomic E-state index is 12.4. The van der Waals surface area contributed by atoms with E-state index in [9.17, 15) is 14.4 Å². The first-order chi connectivity index (χ1) is 12.3. The number of rotatable bonds is 7. The number of benzene rings is 1. The molecule has 0 fully saturated rings. The second kappa shape index (κ2) is 8.47. The lowest BCUT2D eigenvalue weighted by Crippen LogP contribution is -2.15. The van der Waals surface area contributed by atoms with E-state index in [4.69, 9.17) is 4.74 Å². The summed E-state index contributed by atoms with van der Waals surface area (Å²) in [5.74, 6) is -0.981. The third kappa shape index (κ3) is 4.59. The Labute approximate surface area is 153 Å². The Morgan fingerprint density at radius 3 is 2.35 bits per heavy atom. The first-order valence-corrected chi connectivity index (χ1v) is 8.58. The summed E-state index contributed by atoms with van der Waals surface area (Å²) >= 11 is 0. The molecule has 0 aliphatic rings. The van der Waals surface area contributed by atoms with Crippen molar-refractivity contribution in [3.05, 3.63) is 52.8 Å². The van der Waals surface area contributed by atoms with Gasteiger partial charge in [0, 0.05) is 36.1 Å². The van der Waals surface area contributed by atoms with Crippen molar-refractivity contribution in [3.63, 3.8) is 0 Å². The molecule has 2 rings (SSSR count). The van der Waals surface area contributed by atoms with Crippen molar-refractivity contribution in [1.82, 2.24) is 4.57 Å². The Morgan fingerprint density at radius 2 is 1.77 bits per heavy atom. The van der Waals surface area contributed by atoms with Gasteiger partial charge < -0.3 is 14.6 Å². The molecule has 1 aromatic carbocycles. The fourth-order valence-electron chi connectivity index (χ4n) is 2.84. The highest BCUT2D eigenvalue weighted by Gasteiger charge is 2.17. The summed E-state index contributed by atoms with van der Waals surface area (Å²) in [5.41, 5.74) is 3.42. The van der Waals surface area contributed by atoms with Gasteiger partial charge in [-0.15, -0.1) is 0 Å². The van der Waals surface area contributed by atoms with Gasteiger partial charge >= 0.3 is 5.97 Å². The molecule has 6 heteroatoms. The zero-order valence-corrected chi connectivity index (χ0v) is 15.6. The quantitative estimate of drug-likeness (QED) is 0.608. The van der Waals surface area contributed by atoms with Crippen LogP contribution in [0.4, 0.5) is 5.69 Å². The number of esters is 1. The van der Waals surface area contributed by atoms with E-state index >= 15 is 0 Å². The van der Waals surface area contributed by atoms with Crippen molar-refractivity contribution in [2.45, 2.75) is 40.7 Å². The maximum atomic E-state index is 12.4. The van der Waals surface area contributed by atoms with Crippen molar-refractivity contribution < 1.29 is 19.1 Å². The van der Waals surface area contributed by atoms with E-state index in [0.717, 1.165) is 24.4 Å². The third-order valence-electron chi connectivity index (χ3n) is 4.10. The molecule has 1 aromatic heterocycles. The summed E-state index contributed by atoms with van der Waals surface area (Å²) in [7, 11) is 0. The van der Waals surface area contributed by atoms with E-state index < -0.39 is 5.97 Å². The molecule has 1 N–H and O–H groups in total. The molecule has 0 spiro atoms. The SMILES string of the molecule is CCCn1c(C)cc(C(=O)COC(=O)c2ccc(NC(C)=O)cc2)c1C. The number of ether oxygens (including phenoxy) is 1. The molecule has 0 saturated heterocycles. The largest absolute Gasteiger partial charge is 0.454 e. The van der Waals surface area contributed by atoms with Gasteiger partial charge in [-0.2, -0.15) is 0 Å². The van der Waals surface area contributed by atoms with Gasteiger partial charge in [0.25, 0.3) is 0 Å². The fraction of sp³-hybridized carbons (Fsp3) is 0.350. The zero-order chi connectivity index (χ0) is 19.3. The van der Waals surface area contributed by atoms with Crippen LogP contribution in [-0.2, 0) is 16.1 Å². The first-order valence-electron chi connectivity index (χ1n) is 8.58. The smallest absolute Gasteiger partial charge is 0.338 e. The monoisotopic (exact) mass is 356 g/mol. The molecule has 0 saturated carbocycles. The summed E-state index contributed by atoms with van der Waals surface area (Å²) < 4.78 is 7.24. The predicted octanol–water partition coefficient (Wildman–Crippen LogP) is 3.51. The van der Waals surface area contributed by atoms with Crippen LogP contribution in [-0.4, -0.2) is 28.8 Å². The molecular formula is C20H24N2O4. The highest BCUT2D eigenvalue weighted by Crippen LogP contribution is 2.17. The predicted molar refractivity (Wildman–Crippen MR) is 99.6 cm³/mol. The van der Waals surface area contributed by atoms with Crippen LogP contribution in [0, 0.1) is 13.8 Å². The lowest BCUT2D eigenvalue weighted by Gasteiger charge is -2.08. The van der Waals surface area contributed by atoms with Gasteiger partial charge in [-0.25, -0.2) is 4.79 Å². The van der Waals surface area contributed by atoms with Crippen molar-refractivity contribution in [3.8, 4) is 0 Å². The summed E-state index contributed by atoms with van der Waals surface area (Å²) in [6.07, 6.45) is 0.980. The molecule has 1 amide bonds. The summed E-state index contributed by atoms with van der Waals surface area (Å²) in [6, 6.07) is 8.15. The molecule has 138 valence electrons. The highest BCUT2D eigenvalue weighted by molar-refractivity contribution is 6.00. The molecule has 1 heterocycles. The zero-order valence-electron chi connectivity index (χ0n) is 15.6. The molecule has 26 heavy (non-hydrogen) atoms. The van der Waals surface area contributed by atoms with Gasteiger partial charge in [0.2, 0.25) is 11.7 Å². The standard InChI is InChI=1S/C20H24N2O4/c1-5-10-22-13(2)11-18(14(22)3)19(24)12-26-20(25)16-6-8-17(9-7-16)21-15(4)23/h6-9,11H,5,10,12H2,1-4H3,(H,21,23). The average Bonchev–Trinajstić information content (AvgIpc) is 2.88. The maximum Gasteiger partial charge on any atom is 0.338 e. The van der Waals surface area contributed by atoms with E-state index in [-0.39, 0.29) is 18.3 Å². The minimum absolute atomic E-state index is 0.188. The van der Waals surface area contributed by atoms with Gasteiger partial charge in [-0.05, 0) is 50.6 Å². The van der Waals surface area contributed by atoms with Crippen LogP contribution in [0.25, 0.3) is 0 Å². The van der Waals surface area contributed by atoms with Gasteiger partial charge in [0.15, 0.2) is 6.61 Å². The van der Waals surface area contributed by atoms with E-state index in [1.165, 1.54) is 6.92 Å². The van der Waals surface area contributed by atoms with Crippen molar-refractivity contribution in [2.75, 3.05) is 11.9 Å². The summed E-state index contributed by atoms with van der Waals surface area (Å²) in [5, 5.41) is 2.62. The highest BCUT2D eigenvalue weighted by atomic mass is 16.5. The van der Waals surface area contributed by atoms with Crippen LogP contribution < -0.4 is 5.32 Å². The van der Waals surface area contributed by atoms with Crippen molar-refractivity contribution in [1.29, 1.82) is 0 Å². The molecule has 0 aliphatic carbocycles. The minimum atomic E-state index is -0.574. The van der Waals surface area contributed by atoms with Crippen LogP contribution in [0.15, 0.2) is 30.3 Å². The molecule has 0 unspecified atom stereocenters. The Balaban J connectivity index is 2.00. The number of amides is 1. The first kappa shape index (κ1) is 19.4. The van der Waals surface area contributed by atoms with Crippen LogP contribution >= 0.6 is 0 Å². The normalized spacial score (nSPS) is 10.5. The van der Waals surface area contributed by atoms with Gasteiger partial charge in [0.1, 0.15) is 0 Å².